The Morgan fingerprint density at radius 2 is 0.817 bits per heavy atom. The molecule has 10 aromatic carbocycles. The normalized spacial score (nSPS) is 13.3. The SMILES string of the molecule is CC(C)(C)c1ccc2c(c1)C1(c3ccccc3-c3ccc(N(c4ccc5c(c4)c4ccccc4n5-c4ccc(-c5ccccc5)cc4)c4ccccc4-c4ccccc4)cc31)c1cc(C(C)(C)C)ccc1-2. The molecule has 0 atom stereocenters. The summed E-state index contributed by atoms with van der Waals surface area (Å²) in [5.41, 5.74) is 24.4. The molecule has 0 saturated carbocycles. The number of hydrogen-bond acceptors (Lipinski definition) is 1. The van der Waals surface area contributed by atoms with Crippen molar-refractivity contribution in [2.45, 2.75) is 57.8 Å². The highest BCUT2D eigenvalue weighted by Gasteiger charge is 2.52. The van der Waals surface area contributed by atoms with E-state index in [9.17, 15) is 0 Å². The standard InChI is InChI=1S/C69H56N2/c1-67(2,3)48-31-37-55-56-38-32-49(68(4,5)6)42-62(56)69(61(55)41-48)60-26-16-13-24-54(60)57-39-35-52(44-63(57)69)70(64-27-17-14-23-53(64)47-21-11-8-12-22-47)51-36-40-66-59(43-51)58-25-15-18-28-65(58)71(66)50-33-29-46(30-34-50)45-19-9-7-10-20-45/h7-44H,1-6H3. The molecule has 71 heavy (non-hydrogen) atoms. The summed E-state index contributed by atoms with van der Waals surface area (Å²) in [6.45, 7) is 14.0. The van der Waals surface area contributed by atoms with Gasteiger partial charge in [0.25, 0.3) is 0 Å². The first-order valence-corrected chi connectivity index (χ1v) is 25.2. The molecule has 0 amide bonds. The second-order valence-electron chi connectivity index (χ2n) is 21.7. The highest BCUT2D eigenvalue weighted by atomic mass is 15.1. The van der Waals surface area contributed by atoms with Gasteiger partial charge in [0, 0.05) is 33.4 Å². The van der Waals surface area contributed by atoms with Gasteiger partial charge in [0.05, 0.1) is 22.1 Å². The Morgan fingerprint density at radius 1 is 0.338 bits per heavy atom. The van der Waals surface area contributed by atoms with Crippen LogP contribution in [0.2, 0.25) is 0 Å². The van der Waals surface area contributed by atoms with Crippen molar-refractivity contribution in [3.05, 3.63) is 264 Å². The van der Waals surface area contributed by atoms with Crippen LogP contribution in [-0.2, 0) is 16.2 Å². The molecule has 0 N–H and O–H groups in total. The first-order valence-electron chi connectivity index (χ1n) is 25.2. The molecular weight excluding hydrogens is 857 g/mol. The first-order chi connectivity index (χ1) is 34.5. The van der Waals surface area contributed by atoms with Crippen LogP contribution in [0.15, 0.2) is 231 Å². The number of para-hydroxylation sites is 2. The maximum atomic E-state index is 2.55. The molecule has 13 rings (SSSR count). The van der Waals surface area contributed by atoms with Crippen LogP contribution in [0.5, 0.6) is 0 Å². The summed E-state index contributed by atoms with van der Waals surface area (Å²) in [6, 6.07) is 86.6. The fourth-order valence-electron chi connectivity index (χ4n) is 12.0. The largest absolute Gasteiger partial charge is 0.310 e. The van der Waals surface area contributed by atoms with E-state index in [2.05, 4.69) is 282 Å². The lowest BCUT2D eigenvalue weighted by Gasteiger charge is -2.34. The monoisotopic (exact) mass is 912 g/mol. The average Bonchev–Trinajstić information content (AvgIpc) is 4.00. The number of hydrogen-bond donors (Lipinski definition) is 0. The topological polar surface area (TPSA) is 8.17 Å². The summed E-state index contributed by atoms with van der Waals surface area (Å²) in [7, 11) is 0. The molecule has 0 saturated heterocycles. The summed E-state index contributed by atoms with van der Waals surface area (Å²) in [6.07, 6.45) is 0. The molecule has 1 spiro atoms. The fraction of sp³-hybridized carbons (Fsp3) is 0.130. The number of fused-ring (bicyclic) bond motifs is 13. The molecule has 0 bridgehead atoms. The van der Waals surface area contributed by atoms with Crippen molar-refractivity contribution < 1.29 is 0 Å². The van der Waals surface area contributed by atoms with Crippen LogP contribution in [0.4, 0.5) is 17.1 Å². The third-order valence-electron chi connectivity index (χ3n) is 15.5. The van der Waals surface area contributed by atoms with Crippen LogP contribution in [0.1, 0.15) is 74.9 Å². The number of rotatable bonds is 6. The Morgan fingerprint density at radius 3 is 1.48 bits per heavy atom. The van der Waals surface area contributed by atoms with Gasteiger partial charge in [0.1, 0.15) is 0 Å². The average molecular weight is 913 g/mol. The number of aromatic nitrogens is 1. The summed E-state index contributed by atoms with van der Waals surface area (Å²) < 4.78 is 2.43. The maximum Gasteiger partial charge on any atom is 0.0726 e. The van der Waals surface area contributed by atoms with Gasteiger partial charge in [0.2, 0.25) is 0 Å². The van der Waals surface area contributed by atoms with Crippen molar-refractivity contribution in [3.63, 3.8) is 0 Å². The Kier molecular flexibility index (Phi) is 9.61. The van der Waals surface area contributed by atoms with E-state index in [4.69, 9.17) is 0 Å². The Bertz CT molecular complexity index is 3810. The van der Waals surface area contributed by atoms with Crippen LogP contribution in [0.3, 0.4) is 0 Å². The predicted molar refractivity (Wildman–Crippen MR) is 300 cm³/mol. The number of anilines is 3. The predicted octanol–water partition coefficient (Wildman–Crippen LogP) is 18.5. The van der Waals surface area contributed by atoms with Gasteiger partial charge >= 0.3 is 0 Å². The molecule has 0 aliphatic heterocycles. The zero-order valence-electron chi connectivity index (χ0n) is 41.3. The van der Waals surface area contributed by atoms with E-state index in [1.807, 2.05) is 0 Å². The summed E-state index contributed by atoms with van der Waals surface area (Å²) in [4.78, 5) is 2.52. The molecular formula is C69H56N2. The minimum absolute atomic E-state index is 0.0321. The van der Waals surface area contributed by atoms with Crippen molar-refractivity contribution in [2.75, 3.05) is 4.90 Å². The van der Waals surface area contributed by atoms with Crippen molar-refractivity contribution >= 4 is 38.9 Å². The molecule has 2 heteroatoms. The van der Waals surface area contributed by atoms with Crippen LogP contribution >= 0.6 is 0 Å². The van der Waals surface area contributed by atoms with Gasteiger partial charge in [-0.3, -0.25) is 0 Å². The fourth-order valence-corrected chi connectivity index (χ4v) is 12.0. The highest BCUT2D eigenvalue weighted by molar-refractivity contribution is 6.11. The van der Waals surface area contributed by atoms with Gasteiger partial charge in [-0.1, -0.05) is 217 Å². The molecule has 2 aliphatic rings. The maximum absolute atomic E-state index is 2.55. The zero-order valence-corrected chi connectivity index (χ0v) is 41.3. The van der Waals surface area contributed by atoms with Crippen molar-refractivity contribution in [1.29, 1.82) is 0 Å². The summed E-state index contributed by atoms with van der Waals surface area (Å²) in [5, 5.41) is 2.43. The molecule has 342 valence electrons. The second kappa shape index (κ2) is 15.9. The van der Waals surface area contributed by atoms with Crippen molar-refractivity contribution in [2.24, 2.45) is 0 Å². The molecule has 0 fully saturated rings. The highest BCUT2D eigenvalue weighted by Crippen LogP contribution is 2.64. The number of nitrogens with zero attached hydrogens (tertiary/aromatic N) is 2. The Balaban J connectivity index is 1.07. The van der Waals surface area contributed by atoms with Crippen LogP contribution in [0, 0.1) is 0 Å². The van der Waals surface area contributed by atoms with Crippen LogP contribution in [-0.4, -0.2) is 4.57 Å². The van der Waals surface area contributed by atoms with Gasteiger partial charge in [-0.05, 0) is 138 Å². The van der Waals surface area contributed by atoms with E-state index in [0.717, 1.165) is 22.7 Å². The molecule has 0 unspecified atom stereocenters. The summed E-state index contributed by atoms with van der Waals surface area (Å²) in [5.74, 6) is 0. The zero-order chi connectivity index (χ0) is 48.2. The van der Waals surface area contributed by atoms with Crippen LogP contribution < -0.4 is 4.90 Å². The second-order valence-corrected chi connectivity index (χ2v) is 21.7. The van der Waals surface area contributed by atoms with Gasteiger partial charge in [0.15, 0.2) is 0 Å². The van der Waals surface area contributed by atoms with Crippen molar-refractivity contribution in [1.82, 2.24) is 4.57 Å². The smallest absolute Gasteiger partial charge is 0.0726 e. The van der Waals surface area contributed by atoms with Gasteiger partial charge < -0.3 is 9.47 Å². The van der Waals surface area contributed by atoms with E-state index in [-0.39, 0.29) is 10.8 Å². The number of benzene rings is 10. The van der Waals surface area contributed by atoms with Gasteiger partial charge in [-0.25, -0.2) is 0 Å². The lowest BCUT2D eigenvalue weighted by Crippen LogP contribution is -2.27. The Hall–Kier alpha value is -8.20. The van der Waals surface area contributed by atoms with Gasteiger partial charge in [-0.15, -0.1) is 0 Å². The third-order valence-corrected chi connectivity index (χ3v) is 15.5. The van der Waals surface area contributed by atoms with E-state index in [0.29, 0.717) is 0 Å². The third kappa shape index (κ3) is 6.61. The molecule has 1 heterocycles. The lowest BCUT2D eigenvalue weighted by atomic mass is 9.68. The van der Waals surface area contributed by atoms with Gasteiger partial charge in [-0.2, -0.15) is 0 Å². The lowest BCUT2D eigenvalue weighted by molar-refractivity contribution is 0.586. The van der Waals surface area contributed by atoms with E-state index in [1.165, 1.54) is 99.7 Å². The molecule has 1 aromatic heterocycles. The summed E-state index contributed by atoms with van der Waals surface area (Å²) >= 11 is 0. The van der Waals surface area contributed by atoms with E-state index >= 15 is 0 Å². The molecule has 11 aromatic rings. The molecule has 0 radical (unpaired) electrons. The van der Waals surface area contributed by atoms with E-state index < -0.39 is 5.41 Å². The molecule has 2 nitrogen and oxygen atoms in total. The van der Waals surface area contributed by atoms with Crippen LogP contribution in [0.25, 0.3) is 72.0 Å². The minimum Gasteiger partial charge on any atom is -0.310 e. The van der Waals surface area contributed by atoms with Crippen molar-refractivity contribution in [3.8, 4) is 50.2 Å². The quantitative estimate of drug-likeness (QED) is 0.161. The Labute approximate surface area is 418 Å². The minimum atomic E-state index is -0.535. The molecule has 2 aliphatic carbocycles. The van der Waals surface area contributed by atoms with E-state index in [1.54, 1.807) is 0 Å². The first kappa shape index (κ1) is 42.9.